The Kier molecular flexibility index (Phi) is 7.33. The van der Waals surface area contributed by atoms with Crippen LogP contribution in [0.5, 0.6) is 17.2 Å². The van der Waals surface area contributed by atoms with Gasteiger partial charge in [-0.05, 0) is 50.2 Å². The Morgan fingerprint density at radius 3 is 2.21 bits per heavy atom. The molecule has 0 saturated heterocycles. The van der Waals surface area contributed by atoms with Gasteiger partial charge in [0.25, 0.3) is 0 Å². The molecule has 0 heterocycles. The van der Waals surface area contributed by atoms with Crippen molar-refractivity contribution in [2.75, 3.05) is 36.7 Å². The predicted molar refractivity (Wildman–Crippen MR) is 113 cm³/mol. The van der Waals surface area contributed by atoms with Crippen LogP contribution in [-0.2, 0) is 14.8 Å². The van der Waals surface area contributed by atoms with Crippen LogP contribution in [0.4, 0.5) is 11.4 Å². The summed E-state index contributed by atoms with van der Waals surface area (Å²) in [5.41, 5.74) is 0.825. The molecule has 0 aliphatic rings. The molecule has 0 aliphatic heterocycles. The van der Waals surface area contributed by atoms with Crippen LogP contribution in [0.1, 0.15) is 13.8 Å². The Labute approximate surface area is 171 Å². The Balaban J connectivity index is 2.29. The van der Waals surface area contributed by atoms with Gasteiger partial charge in [0, 0.05) is 11.8 Å². The number of anilines is 2. The number of sulfonamides is 1. The van der Waals surface area contributed by atoms with Gasteiger partial charge in [0.1, 0.15) is 11.8 Å². The summed E-state index contributed by atoms with van der Waals surface area (Å²) < 4.78 is 41.8. The van der Waals surface area contributed by atoms with Crippen LogP contribution < -0.4 is 23.8 Å². The van der Waals surface area contributed by atoms with Gasteiger partial charge in [-0.25, -0.2) is 8.42 Å². The fraction of sp³-hybridized carbons (Fsp3) is 0.350. The van der Waals surface area contributed by atoms with Crippen molar-refractivity contribution >= 4 is 27.3 Å². The average Bonchev–Trinajstić information content (AvgIpc) is 2.68. The number of nitrogens with one attached hydrogen (secondary N) is 1. The molecule has 1 unspecified atom stereocenters. The van der Waals surface area contributed by atoms with E-state index in [4.69, 9.17) is 14.2 Å². The van der Waals surface area contributed by atoms with Gasteiger partial charge in [0.2, 0.25) is 15.9 Å². The molecule has 2 rings (SSSR count). The maximum atomic E-state index is 12.8. The Morgan fingerprint density at radius 1 is 1.07 bits per heavy atom. The largest absolute Gasteiger partial charge is 0.494 e. The van der Waals surface area contributed by atoms with E-state index in [0.29, 0.717) is 35.2 Å². The topological polar surface area (TPSA) is 94.2 Å². The summed E-state index contributed by atoms with van der Waals surface area (Å²) in [5, 5.41) is 2.73. The second-order valence-electron chi connectivity index (χ2n) is 6.22. The van der Waals surface area contributed by atoms with Gasteiger partial charge in [-0.2, -0.15) is 0 Å². The smallest absolute Gasteiger partial charge is 0.247 e. The third-order valence-corrected chi connectivity index (χ3v) is 5.38. The van der Waals surface area contributed by atoms with Gasteiger partial charge in [-0.1, -0.05) is 0 Å². The Bertz CT molecular complexity index is 944. The Hall–Kier alpha value is -2.94. The summed E-state index contributed by atoms with van der Waals surface area (Å²) >= 11 is 0. The molecule has 1 N–H and O–H groups in total. The summed E-state index contributed by atoms with van der Waals surface area (Å²) in [7, 11) is -0.819. The molecule has 29 heavy (non-hydrogen) atoms. The summed E-state index contributed by atoms with van der Waals surface area (Å²) in [4.78, 5) is 12.8. The van der Waals surface area contributed by atoms with Crippen molar-refractivity contribution in [3.8, 4) is 17.2 Å². The van der Waals surface area contributed by atoms with E-state index >= 15 is 0 Å². The molecule has 0 aliphatic carbocycles. The Morgan fingerprint density at radius 2 is 1.69 bits per heavy atom. The highest BCUT2D eigenvalue weighted by molar-refractivity contribution is 7.92. The fourth-order valence-electron chi connectivity index (χ4n) is 2.82. The van der Waals surface area contributed by atoms with E-state index in [2.05, 4.69) is 5.32 Å². The molecule has 0 saturated carbocycles. The predicted octanol–water partition coefficient (Wildman–Crippen LogP) is 2.90. The minimum Gasteiger partial charge on any atom is -0.494 e. The number of hydrogen-bond acceptors (Lipinski definition) is 6. The zero-order valence-corrected chi connectivity index (χ0v) is 17.9. The highest BCUT2D eigenvalue weighted by Crippen LogP contribution is 2.33. The van der Waals surface area contributed by atoms with Crippen molar-refractivity contribution in [1.82, 2.24) is 0 Å². The van der Waals surface area contributed by atoms with Gasteiger partial charge < -0.3 is 19.5 Å². The molecule has 9 heteroatoms. The number of carbonyl (C=O) groups is 1. The number of rotatable bonds is 9. The lowest BCUT2D eigenvalue weighted by Crippen LogP contribution is -2.45. The molecule has 1 atom stereocenters. The van der Waals surface area contributed by atoms with Gasteiger partial charge in [0.05, 0.1) is 32.8 Å². The molecule has 2 aromatic rings. The van der Waals surface area contributed by atoms with E-state index in [0.717, 1.165) is 10.6 Å². The van der Waals surface area contributed by atoms with E-state index in [1.54, 1.807) is 36.4 Å². The maximum absolute atomic E-state index is 12.8. The SMILES string of the molecule is CCOc1ccc(NC(=O)C(C)N(c2ccc(OC)c(OC)c2)S(C)(=O)=O)cc1. The average molecular weight is 423 g/mol. The van der Waals surface area contributed by atoms with Crippen molar-refractivity contribution in [2.24, 2.45) is 0 Å². The van der Waals surface area contributed by atoms with Gasteiger partial charge in [0.15, 0.2) is 11.5 Å². The first-order valence-electron chi connectivity index (χ1n) is 8.96. The van der Waals surface area contributed by atoms with E-state index in [9.17, 15) is 13.2 Å². The van der Waals surface area contributed by atoms with E-state index in [1.165, 1.54) is 27.2 Å². The van der Waals surface area contributed by atoms with Gasteiger partial charge in [-0.15, -0.1) is 0 Å². The number of ether oxygens (including phenoxy) is 3. The minimum atomic E-state index is -3.76. The monoisotopic (exact) mass is 422 g/mol. The van der Waals surface area contributed by atoms with Crippen LogP contribution in [0.25, 0.3) is 0 Å². The van der Waals surface area contributed by atoms with E-state index in [1.807, 2.05) is 6.92 Å². The van der Waals surface area contributed by atoms with Crippen molar-refractivity contribution in [1.29, 1.82) is 0 Å². The molecule has 0 radical (unpaired) electrons. The number of benzene rings is 2. The fourth-order valence-corrected chi connectivity index (χ4v) is 3.99. The molecular formula is C20H26N2O6S. The lowest BCUT2D eigenvalue weighted by Gasteiger charge is -2.28. The second kappa shape index (κ2) is 9.51. The van der Waals surface area contributed by atoms with Crippen molar-refractivity contribution in [3.05, 3.63) is 42.5 Å². The number of hydrogen-bond donors (Lipinski definition) is 1. The summed E-state index contributed by atoms with van der Waals surface area (Å²) in [6.45, 7) is 3.93. The number of methoxy groups -OCH3 is 2. The first kappa shape index (κ1) is 22.4. The van der Waals surface area contributed by atoms with Crippen LogP contribution in [0.15, 0.2) is 42.5 Å². The first-order chi connectivity index (χ1) is 13.7. The zero-order valence-electron chi connectivity index (χ0n) is 17.1. The van der Waals surface area contributed by atoms with Crippen molar-refractivity contribution in [3.63, 3.8) is 0 Å². The number of amides is 1. The summed E-state index contributed by atoms with van der Waals surface area (Å²) in [6, 6.07) is 10.5. The zero-order chi connectivity index (χ0) is 21.6. The lowest BCUT2D eigenvalue weighted by atomic mass is 10.2. The maximum Gasteiger partial charge on any atom is 0.247 e. The second-order valence-corrected chi connectivity index (χ2v) is 8.08. The van der Waals surface area contributed by atoms with Crippen LogP contribution in [0, 0.1) is 0 Å². The van der Waals surface area contributed by atoms with E-state index < -0.39 is 22.0 Å². The molecule has 2 aromatic carbocycles. The third kappa shape index (κ3) is 5.54. The highest BCUT2D eigenvalue weighted by Gasteiger charge is 2.30. The van der Waals surface area contributed by atoms with Gasteiger partial charge >= 0.3 is 0 Å². The number of nitrogens with zero attached hydrogens (tertiary/aromatic N) is 1. The standard InChI is InChI=1S/C20H26N2O6S/c1-6-28-17-10-7-15(8-11-17)21-20(23)14(2)22(29(5,24)25)16-9-12-18(26-3)19(13-16)27-4/h7-14H,6H2,1-5H3,(H,21,23). The summed E-state index contributed by atoms with van der Waals surface area (Å²) in [5.74, 6) is 1.02. The highest BCUT2D eigenvalue weighted by atomic mass is 32.2. The molecule has 0 spiro atoms. The quantitative estimate of drug-likeness (QED) is 0.668. The lowest BCUT2D eigenvalue weighted by molar-refractivity contribution is -0.116. The normalized spacial score (nSPS) is 12.0. The molecule has 1 amide bonds. The van der Waals surface area contributed by atoms with Crippen LogP contribution in [0.3, 0.4) is 0 Å². The van der Waals surface area contributed by atoms with E-state index in [-0.39, 0.29) is 0 Å². The molecule has 158 valence electrons. The third-order valence-electron chi connectivity index (χ3n) is 4.14. The molecule has 8 nitrogen and oxygen atoms in total. The van der Waals surface area contributed by atoms with Crippen LogP contribution in [-0.4, -0.2) is 47.4 Å². The molecule has 0 fully saturated rings. The minimum absolute atomic E-state index is 0.291. The first-order valence-corrected chi connectivity index (χ1v) is 10.8. The molecular weight excluding hydrogens is 396 g/mol. The summed E-state index contributed by atoms with van der Waals surface area (Å²) in [6.07, 6.45) is 1.05. The number of carbonyl (C=O) groups excluding carboxylic acids is 1. The van der Waals surface area contributed by atoms with Crippen molar-refractivity contribution in [2.45, 2.75) is 19.9 Å². The van der Waals surface area contributed by atoms with Crippen LogP contribution >= 0.6 is 0 Å². The molecule has 0 aromatic heterocycles. The van der Waals surface area contributed by atoms with Crippen LogP contribution in [0.2, 0.25) is 0 Å². The molecule has 0 bridgehead atoms. The van der Waals surface area contributed by atoms with Crippen molar-refractivity contribution < 1.29 is 27.4 Å². The van der Waals surface area contributed by atoms with Gasteiger partial charge in [-0.3, -0.25) is 9.10 Å².